The maximum Gasteiger partial charge on any atom is 5.00 e. The second-order valence-electron chi connectivity index (χ2n) is 0. The van der Waals surface area contributed by atoms with Crippen molar-refractivity contribution < 1.29 is 109 Å². The molecule has 5 nitrogen and oxygen atoms in total. The smallest absolute Gasteiger partial charge is 2.00 e. The van der Waals surface area contributed by atoms with E-state index in [1.54, 1.807) is 0 Å². The molecule has 0 saturated carbocycles. The molecule has 0 atom stereocenters. The molecule has 9 heteroatoms. The average molecular weight is 398 g/mol. The van der Waals surface area contributed by atoms with Gasteiger partial charge in [-0.15, -0.1) is 0 Å². The molecule has 2 radical (unpaired) electrons. The molecule has 0 saturated heterocycles. The Morgan fingerprint density at radius 3 is 0.333 bits per heavy atom. The van der Waals surface area contributed by atoms with Gasteiger partial charge in [0, 0.05) is 44.8 Å². The molecular formula is Ag2O5V2. The molecule has 0 spiro atoms. The molecule has 0 unspecified atom stereocenters. The number of hydrogen-bond donors (Lipinski definition) is 0. The fraction of sp³-hybridized carbons (Fsp3) is 0. The molecule has 0 aliphatic heterocycles. The van der Waals surface area contributed by atoms with Crippen molar-refractivity contribution in [3.63, 3.8) is 0 Å². The van der Waals surface area contributed by atoms with Crippen molar-refractivity contribution in [2.24, 2.45) is 0 Å². The summed E-state index contributed by atoms with van der Waals surface area (Å²) in [7, 11) is 0. The first-order chi connectivity index (χ1) is 0. The van der Waals surface area contributed by atoms with Gasteiger partial charge in [-0.2, -0.15) is 0 Å². The fourth-order valence-electron chi connectivity index (χ4n) is 0. The molecule has 0 amide bonds. The Kier molecular flexibility index (Phi) is 3600. The molecule has 0 heterocycles. The molecule has 62 valence electrons. The second-order valence-corrected chi connectivity index (χ2v) is 0. The third-order valence-electron chi connectivity index (χ3n) is 0. The molecule has 0 rings (SSSR count). The topological polar surface area (TPSA) is 142 Å². The summed E-state index contributed by atoms with van der Waals surface area (Å²) >= 11 is 0. The van der Waals surface area contributed by atoms with Crippen molar-refractivity contribution >= 4 is 0 Å². The maximum absolute atomic E-state index is 0. The maximum atomic E-state index is 0. The Bertz CT molecular complexity index is 12.9. The number of rotatable bonds is 0. The van der Waals surface area contributed by atoms with E-state index in [0.717, 1.165) is 0 Å². The van der Waals surface area contributed by atoms with Crippen LogP contribution in [0.4, 0.5) is 0 Å². The summed E-state index contributed by atoms with van der Waals surface area (Å²) in [5.74, 6) is 0. The summed E-state index contributed by atoms with van der Waals surface area (Å²) in [5.41, 5.74) is 0. The Labute approximate surface area is 108 Å². The predicted octanol–water partition coefficient (Wildman–Crippen LogP) is -0.604. The fourth-order valence-corrected chi connectivity index (χ4v) is 0. The van der Waals surface area contributed by atoms with E-state index < -0.39 is 0 Å². The van der Waals surface area contributed by atoms with Gasteiger partial charge in [0.25, 0.3) is 0 Å². The largest absolute Gasteiger partial charge is 5.00 e. The Hall–Kier alpha value is 2.45. The average Bonchev–Trinajstić information content (AvgIpc) is 0. The first-order valence-electron chi connectivity index (χ1n) is 0. The van der Waals surface area contributed by atoms with Crippen LogP contribution in [0.25, 0.3) is 0 Å². The molecule has 0 aliphatic rings. The molecule has 9 heavy (non-hydrogen) atoms. The zero-order valence-electron chi connectivity index (χ0n) is 3.54. The van der Waals surface area contributed by atoms with E-state index in [9.17, 15) is 0 Å². The molecule has 0 aromatic heterocycles. The molecule has 0 bridgehead atoms. The van der Waals surface area contributed by atoms with Crippen LogP contribution in [0.5, 0.6) is 0 Å². The van der Waals surface area contributed by atoms with Crippen molar-refractivity contribution in [1.82, 2.24) is 0 Å². The van der Waals surface area contributed by atoms with Gasteiger partial charge in [0.1, 0.15) is 0 Å². The Morgan fingerprint density at radius 1 is 0.333 bits per heavy atom. The van der Waals surface area contributed by atoms with Crippen LogP contribution in [0.1, 0.15) is 0 Å². The van der Waals surface area contributed by atoms with Crippen LogP contribution >= 0.6 is 0 Å². The van der Waals surface area contributed by atoms with Crippen LogP contribution in [-0.2, 0) is 109 Å². The minimum atomic E-state index is 0. The van der Waals surface area contributed by atoms with E-state index in [1.807, 2.05) is 0 Å². The van der Waals surface area contributed by atoms with Gasteiger partial charge >= 0.3 is 37.1 Å². The van der Waals surface area contributed by atoms with E-state index >= 15 is 0 Å². The SMILES string of the molecule is [Ag].[Ag].[O-2].[O-2].[O-2].[O-2].[O-2].[V+5].[V+5]. The van der Waals surface area contributed by atoms with Gasteiger partial charge in [0.2, 0.25) is 0 Å². The van der Waals surface area contributed by atoms with Crippen LogP contribution in [0.2, 0.25) is 0 Å². The van der Waals surface area contributed by atoms with Crippen LogP contribution in [0.3, 0.4) is 0 Å². The Morgan fingerprint density at radius 2 is 0.333 bits per heavy atom. The van der Waals surface area contributed by atoms with Crippen molar-refractivity contribution in [3.05, 3.63) is 0 Å². The van der Waals surface area contributed by atoms with Crippen molar-refractivity contribution in [1.29, 1.82) is 0 Å². The molecule has 0 aliphatic carbocycles. The third-order valence-corrected chi connectivity index (χ3v) is 0. The molecule has 0 fully saturated rings. The van der Waals surface area contributed by atoms with Gasteiger partial charge in [-0.3, -0.25) is 0 Å². The summed E-state index contributed by atoms with van der Waals surface area (Å²) in [6, 6.07) is 0. The van der Waals surface area contributed by atoms with Gasteiger partial charge in [-0.05, 0) is 0 Å². The minimum absolute atomic E-state index is 0. The van der Waals surface area contributed by atoms with Crippen LogP contribution in [0, 0.1) is 0 Å². The van der Waals surface area contributed by atoms with Crippen molar-refractivity contribution in [2.75, 3.05) is 0 Å². The van der Waals surface area contributed by atoms with Crippen LogP contribution in [-0.4, -0.2) is 0 Å². The predicted molar refractivity (Wildman–Crippen MR) is 3.43 cm³/mol. The Balaban J connectivity index is 0. The van der Waals surface area contributed by atoms with E-state index in [4.69, 9.17) is 0 Å². The molecule has 0 aromatic carbocycles. The first-order valence-corrected chi connectivity index (χ1v) is 0. The third kappa shape index (κ3) is 124. The summed E-state index contributed by atoms with van der Waals surface area (Å²) in [6.45, 7) is 0. The summed E-state index contributed by atoms with van der Waals surface area (Å²) in [6.07, 6.45) is 0. The zero-order valence-corrected chi connectivity index (χ0v) is 9.30. The van der Waals surface area contributed by atoms with E-state index in [1.165, 1.54) is 0 Å². The standard InChI is InChI=1S/2Ag.5O.2V/q;;5*-2;2*+5. The summed E-state index contributed by atoms with van der Waals surface area (Å²) in [5, 5.41) is 0. The minimum Gasteiger partial charge on any atom is -2.00 e. The molecule has 0 N–H and O–H groups in total. The van der Waals surface area contributed by atoms with Crippen molar-refractivity contribution in [2.45, 2.75) is 0 Å². The molecule has 0 aromatic rings. The van der Waals surface area contributed by atoms with E-state index in [0.29, 0.717) is 0 Å². The van der Waals surface area contributed by atoms with Gasteiger partial charge in [-0.1, -0.05) is 0 Å². The first kappa shape index (κ1) is 208. The van der Waals surface area contributed by atoms with Crippen LogP contribution < -0.4 is 0 Å². The van der Waals surface area contributed by atoms with Crippen LogP contribution in [0.15, 0.2) is 0 Å². The summed E-state index contributed by atoms with van der Waals surface area (Å²) in [4.78, 5) is 0. The molecular weight excluding hydrogens is 398 g/mol. The zero-order chi connectivity index (χ0) is 0. The van der Waals surface area contributed by atoms with Gasteiger partial charge < -0.3 is 27.4 Å². The summed E-state index contributed by atoms with van der Waals surface area (Å²) < 4.78 is 0. The second kappa shape index (κ2) is 156. The quantitative estimate of drug-likeness (QED) is 0.481. The van der Waals surface area contributed by atoms with Crippen molar-refractivity contribution in [3.8, 4) is 0 Å². The number of hydrogen-bond acceptors (Lipinski definition) is 0. The van der Waals surface area contributed by atoms with E-state index in [2.05, 4.69) is 0 Å². The normalized spacial score (nSPS) is 0. The van der Waals surface area contributed by atoms with Gasteiger partial charge in [-0.25, -0.2) is 0 Å². The monoisotopic (exact) mass is 396 g/mol. The van der Waals surface area contributed by atoms with Gasteiger partial charge in [0.05, 0.1) is 0 Å². The van der Waals surface area contributed by atoms with E-state index in [-0.39, 0.29) is 109 Å². The van der Waals surface area contributed by atoms with Gasteiger partial charge in [0.15, 0.2) is 0 Å².